The van der Waals surface area contributed by atoms with Gasteiger partial charge < -0.3 is 4.57 Å². The summed E-state index contributed by atoms with van der Waals surface area (Å²) in [7, 11) is 0. The van der Waals surface area contributed by atoms with Gasteiger partial charge in [0, 0.05) is 27.6 Å². The van der Waals surface area contributed by atoms with Gasteiger partial charge in [-0.15, -0.1) is 11.3 Å². The summed E-state index contributed by atoms with van der Waals surface area (Å²) in [5.41, 5.74) is 4.31. The summed E-state index contributed by atoms with van der Waals surface area (Å²) in [6, 6.07) is 32.7. The molecule has 4 aromatic carbocycles. The van der Waals surface area contributed by atoms with E-state index >= 15 is 0 Å². The quantitative estimate of drug-likeness (QED) is 0.252. The van der Waals surface area contributed by atoms with Gasteiger partial charge in [-0.05, 0) is 46.7 Å². The van der Waals surface area contributed by atoms with Crippen LogP contribution in [0.2, 0.25) is 0 Å². The van der Waals surface area contributed by atoms with Crippen molar-refractivity contribution in [2.24, 2.45) is 0 Å². The van der Waals surface area contributed by atoms with Gasteiger partial charge in [-0.2, -0.15) is 4.39 Å². The van der Waals surface area contributed by atoms with Crippen molar-refractivity contribution in [3.8, 4) is 11.4 Å². The fourth-order valence-electron chi connectivity index (χ4n) is 4.77. The Balaban J connectivity index is 1.55. The first-order chi connectivity index (χ1) is 16.7. The first kappa shape index (κ1) is 19.4. The van der Waals surface area contributed by atoms with E-state index < -0.39 is 5.95 Å². The Labute approximate surface area is 198 Å². The number of pyridine rings is 1. The number of hydrogen-bond donors (Lipinski definition) is 0. The summed E-state index contributed by atoms with van der Waals surface area (Å²) in [5.74, 6) is 0.454. The summed E-state index contributed by atoms with van der Waals surface area (Å²) < 4.78 is 17.2. The van der Waals surface area contributed by atoms with E-state index in [1.165, 1.54) is 33.7 Å². The number of nitrogens with zero attached hydrogens (tertiary/aromatic N) is 3. The second-order valence-corrected chi connectivity index (χ2v) is 9.47. The first-order valence-corrected chi connectivity index (χ1v) is 12.0. The van der Waals surface area contributed by atoms with Crippen LogP contribution >= 0.6 is 11.3 Å². The fraction of sp³-hybridized carbons (Fsp3) is 0.0345. The normalized spacial score (nSPS) is 11.8. The number of rotatable bonds is 3. The van der Waals surface area contributed by atoms with Crippen LogP contribution < -0.4 is 0 Å². The molecule has 0 spiro atoms. The van der Waals surface area contributed by atoms with Crippen LogP contribution in [-0.4, -0.2) is 14.5 Å². The van der Waals surface area contributed by atoms with E-state index in [0.29, 0.717) is 11.4 Å². The fourth-order valence-corrected chi connectivity index (χ4v) is 5.95. The van der Waals surface area contributed by atoms with Gasteiger partial charge in [0.15, 0.2) is 0 Å². The Morgan fingerprint density at radius 1 is 0.735 bits per heavy atom. The molecule has 3 aromatic heterocycles. The lowest BCUT2D eigenvalue weighted by atomic mass is 10.1. The van der Waals surface area contributed by atoms with Gasteiger partial charge in [0.05, 0.1) is 11.0 Å². The first-order valence-electron chi connectivity index (χ1n) is 11.2. The third kappa shape index (κ3) is 3.01. The minimum atomic E-state index is -0.455. The lowest BCUT2D eigenvalue weighted by molar-refractivity contribution is 0.590. The van der Waals surface area contributed by atoms with Gasteiger partial charge in [0.1, 0.15) is 10.7 Å². The average molecular weight is 460 g/mol. The second kappa shape index (κ2) is 7.47. The van der Waals surface area contributed by atoms with Crippen LogP contribution in [0.25, 0.3) is 53.5 Å². The Morgan fingerprint density at radius 2 is 1.53 bits per heavy atom. The van der Waals surface area contributed by atoms with Crippen molar-refractivity contribution in [3.05, 3.63) is 109 Å². The molecule has 3 nitrogen and oxygen atoms in total. The number of halogens is 1. The van der Waals surface area contributed by atoms with Crippen LogP contribution in [0, 0.1) is 5.95 Å². The highest BCUT2D eigenvalue weighted by atomic mass is 32.1. The standard InChI is InChI=1S/C29H18FN3S/c30-26-14-13-22-21-11-6-12-23(27(21)34-29(22)32-26)28-31-24-15-19-9-4-5-10-20(19)16-25(24)33(28)17-18-7-2-1-3-8-18/h1-16H,17H2. The van der Waals surface area contributed by atoms with Crippen molar-refractivity contribution < 1.29 is 4.39 Å². The van der Waals surface area contributed by atoms with Gasteiger partial charge in [0.2, 0.25) is 5.95 Å². The SMILES string of the molecule is Fc1ccc2c(n1)sc1c(-c3nc4cc5ccccc5cc4n3Cc3ccccc3)cccc12. The largest absolute Gasteiger partial charge is 0.319 e. The number of hydrogen-bond acceptors (Lipinski definition) is 3. The lowest BCUT2D eigenvalue weighted by Gasteiger charge is -2.11. The molecule has 0 unspecified atom stereocenters. The maximum absolute atomic E-state index is 13.9. The van der Waals surface area contributed by atoms with E-state index in [2.05, 4.69) is 88.4 Å². The van der Waals surface area contributed by atoms with Gasteiger partial charge >= 0.3 is 0 Å². The van der Waals surface area contributed by atoms with Gasteiger partial charge in [0.25, 0.3) is 0 Å². The molecule has 0 saturated heterocycles. The third-order valence-electron chi connectivity index (χ3n) is 6.37. The van der Waals surface area contributed by atoms with Gasteiger partial charge in [-0.3, -0.25) is 0 Å². The maximum Gasteiger partial charge on any atom is 0.214 e. The maximum atomic E-state index is 13.9. The van der Waals surface area contributed by atoms with E-state index in [1.54, 1.807) is 0 Å². The number of aromatic nitrogens is 3. The highest BCUT2D eigenvalue weighted by Crippen LogP contribution is 2.40. The van der Waals surface area contributed by atoms with Crippen LogP contribution in [-0.2, 0) is 6.54 Å². The van der Waals surface area contributed by atoms with E-state index in [9.17, 15) is 4.39 Å². The molecule has 0 N–H and O–H groups in total. The number of imidazole rings is 1. The van der Waals surface area contributed by atoms with Crippen molar-refractivity contribution in [1.82, 2.24) is 14.5 Å². The van der Waals surface area contributed by atoms with Crippen molar-refractivity contribution in [2.75, 3.05) is 0 Å². The molecule has 0 fully saturated rings. The molecule has 162 valence electrons. The molecule has 0 saturated carbocycles. The molecule has 0 aliphatic carbocycles. The minimum absolute atomic E-state index is 0.455. The van der Waals surface area contributed by atoms with Crippen molar-refractivity contribution in [2.45, 2.75) is 6.54 Å². The predicted octanol–water partition coefficient (Wildman–Crippen LogP) is 7.81. The third-order valence-corrected chi connectivity index (χ3v) is 7.52. The summed E-state index contributed by atoms with van der Waals surface area (Å²) >= 11 is 1.52. The van der Waals surface area contributed by atoms with Crippen LogP contribution in [0.5, 0.6) is 0 Å². The molecular weight excluding hydrogens is 441 g/mol. The van der Waals surface area contributed by atoms with Crippen LogP contribution in [0.4, 0.5) is 4.39 Å². The highest BCUT2D eigenvalue weighted by Gasteiger charge is 2.18. The van der Waals surface area contributed by atoms with Crippen molar-refractivity contribution >= 4 is 53.4 Å². The molecule has 0 amide bonds. The Bertz CT molecular complexity index is 1850. The Kier molecular flexibility index (Phi) is 4.26. The summed E-state index contributed by atoms with van der Waals surface area (Å²) in [6.45, 7) is 0.708. The average Bonchev–Trinajstić information content (AvgIpc) is 3.40. The summed E-state index contributed by atoms with van der Waals surface area (Å²) in [4.78, 5) is 9.99. The molecule has 34 heavy (non-hydrogen) atoms. The Hall–Kier alpha value is -4.09. The zero-order valence-electron chi connectivity index (χ0n) is 18.1. The van der Waals surface area contributed by atoms with E-state index in [1.807, 2.05) is 12.1 Å². The van der Waals surface area contributed by atoms with Crippen LogP contribution in [0.1, 0.15) is 5.56 Å². The number of benzene rings is 4. The van der Waals surface area contributed by atoms with Crippen molar-refractivity contribution in [3.63, 3.8) is 0 Å². The summed E-state index contributed by atoms with van der Waals surface area (Å²) in [6.07, 6.45) is 0. The predicted molar refractivity (Wildman–Crippen MR) is 139 cm³/mol. The molecule has 0 bridgehead atoms. The Morgan fingerprint density at radius 3 is 2.38 bits per heavy atom. The topological polar surface area (TPSA) is 30.7 Å². The second-order valence-electron chi connectivity index (χ2n) is 8.47. The van der Waals surface area contributed by atoms with E-state index in [4.69, 9.17) is 4.98 Å². The summed E-state index contributed by atoms with van der Waals surface area (Å²) in [5, 5.41) is 4.41. The van der Waals surface area contributed by atoms with Crippen LogP contribution in [0.15, 0.2) is 97.1 Å². The smallest absolute Gasteiger partial charge is 0.214 e. The van der Waals surface area contributed by atoms with E-state index in [-0.39, 0.29) is 0 Å². The molecule has 7 rings (SSSR count). The molecule has 3 heterocycles. The lowest BCUT2D eigenvalue weighted by Crippen LogP contribution is -2.02. The van der Waals surface area contributed by atoms with Crippen LogP contribution in [0.3, 0.4) is 0 Å². The van der Waals surface area contributed by atoms with Gasteiger partial charge in [-0.25, -0.2) is 9.97 Å². The molecular formula is C29H18FN3S. The highest BCUT2D eigenvalue weighted by molar-refractivity contribution is 7.26. The molecule has 7 aromatic rings. The molecule has 0 radical (unpaired) electrons. The monoisotopic (exact) mass is 459 g/mol. The van der Waals surface area contributed by atoms with E-state index in [0.717, 1.165) is 37.9 Å². The van der Waals surface area contributed by atoms with Crippen molar-refractivity contribution in [1.29, 1.82) is 0 Å². The van der Waals surface area contributed by atoms with Gasteiger partial charge in [-0.1, -0.05) is 66.7 Å². The zero-order valence-corrected chi connectivity index (χ0v) is 18.9. The molecule has 5 heteroatoms. The minimum Gasteiger partial charge on any atom is -0.319 e. The molecule has 0 aliphatic rings. The number of thiophene rings is 1. The molecule has 0 atom stereocenters. The number of fused-ring (bicyclic) bond motifs is 5. The molecule has 0 aliphatic heterocycles. The zero-order chi connectivity index (χ0) is 22.6.